The van der Waals surface area contributed by atoms with Crippen LogP contribution >= 0.6 is 35.0 Å². The molecule has 0 spiro atoms. The van der Waals surface area contributed by atoms with Gasteiger partial charge in [-0.15, -0.1) is 11.8 Å². The van der Waals surface area contributed by atoms with E-state index >= 15 is 0 Å². The van der Waals surface area contributed by atoms with E-state index in [0.29, 0.717) is 16.7 Å². The molecule has 1 amide bonds. The minimum atomic E-state index is -0.465. The number of carbonyl (C=O) groups excluding carboxylic acids is 1. The third-order valence-corrected chi connectivity index (χ3v) is 6.29. The Bertz CT molecular complexity index is 1210. The summed E-state index contributed by atoms with van der Waals surface area (Å²) in [5.74, 6) is 0.604. The van der Waals surface area contributed by atoms with Gasteiger partial charge in [0.1, 0.15) is 12.4 Å². The molecule has 0 atom stereocenters. The van der Waals surface area contributed by atoms with Crippen molar-refractivity contribution < 1.29 is 14.5 Å². The largest absolute Gasteiger partial charge is 0.488 e. The first-order chi connectivity index (χ1) is 16.2. The van der Waals surface area contributed by atoms with Gasteiger partial charge >= 0.3 is 0 Å². The van der Waals surface area contributed by atoms with Gasteiger partial charge < -0.3 is 4.74 Å². The highest BCUT2D eigenvalue weighted by molar-refractivity contribution is 8.00. The van der Waals surface area contributed by atoms with Crippen molar-refractivity contribution in [1.82, 2.24) is 5.43 Å². The smallest absolute Gasteiger partial charge is 0.269 e. The van der Waals surface area contributed by atoms with Crippen LogP contribution in [0.25, 0.3) is 0 Å². The number of amides is 1. The number of thioether (sulfide) groups is 1. The van der Waals surface area contributed by atoms with E-state index in [1.54, 1.807) is 30.5 Å². The highest BCUT2D eigenvalue weighted by Gasteiger charge is 2.09. The zero-order chi connectivity index (χ0) is 24.7. The second-order valence-electron chi connectivity index (χ2n) is 7.34. The van der Waals surface area contributed by atoms with Crippen molar-refractivity contribution >= 4 is 52.8 Å². The molecule has 0 aliphatic carbocycles. The quantitative estimate of drug-likeness (QED) is 0.154. The topological polar surface area (TPSA) is 93.8 Å². The summed E-state index contributed by atoms with van der Waals surface area (Å²) in [6, 6.07) is 15.1. The summed E-state index contributed by atoms with van der Waals surface area (Å²) in [6.45, 7) is 4.18. The van der Waals surface area contributed by atoms with E-state index in [0.717, 1.165) is 32.9 Å². The number of carbonyl (C=O) groups is 1. The first kappa shape index (κ1) is 25.6. The summed E-state index contributed by atoms with van der Waals surface area (Å²) in [4.78, 5) is 23.0. The van der Waals surface area contributed by atoms with Crippen LogP contribution in [0.4, 0.5) is 5.69 Å². The zero-order valence-corrected chi connectivity index (χ0v) is 20.7. The Morgan fingerprint density at radius 1 is 1.12 bits per heavy atom. The van der Waals surface area contributed by atoms with Gasteiger partial charge in [-0.1, -0.05) is 29.3 Å². The van der Waals surface area contributed by atoms with E-state index in [1.807, 2.05) is 32.0 Å². The second-order valence-corrected chi connectivity index (χ2v) is 9.23. The molecule has 3 aromatic rings. The molecule has 7 nitrogen and oxygen atoms in total. The molecular weight excluding hydrogens is 497 g/mol. The Morgan fingerprint density at radius 2 is 1.79 bits per heavy atom. The summed E-state index contributed by atoms with van der Waals surface area (Å²) in [5.41, 5.74) is 5.99. The molecule has 0 radical (unpaired) electrons. The summed E-state index contributed by atoms with van der Waals surface area (Å²) in [6.07, 6.45) is 1.56. The highest BCUT2D eigenvalue weighted by atomic mass is 35.5. The third kappa shape index (κ3) is 7.21. The normalized spacial score (nSPS) is 10.9. The highest BCUT2D eigenvalue weighted by Crippen LogP contribution is 2.27. The molecule has 0 aliphatic rings. The van der Waals surface area contributed by atoms with Crippen LogP contribution in [0.5, 0.6) is 5.75 Å². The van der Waals surface area contributed by atoms with Gasteiger partial charge in [0.15, 0.2) is 0 Å². The molecule has 0 unspecified atom stereocenters. The molecular formula is C24H21Cl2N3O4S. The number of hydrazone groups is 1. The average molecular weight is 518 g/mol. The molecule has 3 aromatic carbocycles. The molecule has 0 bridgehead atoms. The zero-order valence-electron chi connectivity index (χ0n) is 18.4. The number of halogens is 2. The minimum Gasteiger partial charge on any atom is -0.488 e. The maximum atomic E-state index is 12.0. The van der Waals surface area contributed by atoms with Crippen molar-refractivity contribution in [2.75, 3.05) is 5.75 Å². The second kappa shape index (κ2) is 11.9. The first-order valence-corrected chi connectivity index (χ1v) is 11.8. The van der Waals surface area contributed by atoms with E-state index < -0.39 is 4.92 Å². The molecule has 0 saturated heterocycles. The maximum absolute atomic E-state index is 12.0. The van der Waals surface area contributed by atoms with E-state index in [2.05, 4.69) is 10.5 Å². The molecule has 0 aromatic heterocycles. The van der Waals surface area contributed by atoms with Gasteiger partial charge in [-0.2, -0.15) is 5.10 Å². The molecule has 3 rings (SSSR count). The van der Waals surface area contributed by atoms with Crippen LogP contribution in [0.2, 0.25) is 10.0 Å². The molecule has 176 valence electrons. The number of hydrogen-bond donors (Lipinski definition) is 1. The van der Waals surface area contributed by atoms with Crippen molar-refractivity contribution in [1.29, 1.82) is 0 Å². The van der Waals surface area contributed by atoms with Gasteiger partial charge in [0, 0.05) is 32.6 Å². The fourth-order valence-electron chi connectivity index (χ4n) is 3.10. The van der Waals surface area contributed by atoms with Crippen LogP contribution in [0, 0.1) is 24.0 Å². The SMILES string of the molecule is Cc1cc(/C=N\NC(=O)CSc2ccc([N+](=O)[O-])cc2)cc(C)c1OCc1ccc(Cl)cc1Cl. The van der Waals surface area contributed by atoms with Crippen molar-refractivity contribution in [3.8, 4) is 5.75 Å². The molecule has 34 heavy (non-hydrogen) atoms. The van der Waals surface area contributed by atoms with Crippen molar-refractivity contribution in [2.24, 2.45) is 5.10 Å². The predicted octanol–water partition coefficient (Wildman–Crippen LogP) is 6.34. The van der Waals surface area contributed by atoms with Crippen LogP contribution in [0.1, 0.15) is 22.3 Å². The number of nitro groups is 1. The molecule has 0 saturated carbocycles. The van der Waals surface area contributed by atoms with Gasteiger partial charge in [0.25, 0.3) is 5.69 Å². The Kier molecular flexibility index (Phi) is 8.92. The summed E-state index contributed by atoms with van der Waals surface area (Å²) in [5, 5.41) is 15.8. The average Bonchev–Trinajstić information content (AvgIpc) is 2.78. The van der Waals surface area contributed by atoms with Crippen molar-refractivity contribution in [3.05, 3.63) is 97.0 Å². The van der Waals surface area contributed by atoms with Gasteiger partial charge in [-0.3, -0.25) is 14.9 Å². The van der Waals surface area contributed by atoms with Gasteiger partial charge in [0.2, 0.25) is 5.91 Å². The van der Waals surface area contributed by atoms with Crippen LogP contribution < -0.4 is 10.2 Å². The van der Waals surface area contributed by atoms with Gasteiger partial charge in [-0.05, 0) is 66.9 Å². The molecule has 0 fully saturated rings. The van der Waals surface area contributed by atoms with Gasteiger partial charge in [0.05, 0.1) is 16.9 Å². The van der Waals surface area contributed by atoms with Crippen LogP contribution in [-0.4, -0.2) is 22.8 Å². The number of hydrogen-bond acceptors (Lipinski definition) is 6. The fourth-order valence-corrected chi connectivity index (χ4v) is 4.25. The number of benzene rings is 3. The van der Waals surface area contributed by atoms with Crippen LogP contribution in [0.3, 0.4) is 0 Å². The summed E-state index contributed by atoms with van der Waals surface area (Å²) in [7, 11) is 0. The van der Waals surface area contributed by atoms with Crippen LogP contribution in [0.15, 0.2) is 64.6 Å². The number of aryl methyl sites for hydroxylation is 2. The van der Waals surface area contributed by atoms with E-state index in [-0.39, 0.29) is 17.3 Å². The van der Waals surface area contributed by atoms with Crippen LogP contribution in [-0.2, 0) is 11.4 Å². The summed E-state index contributed by atoms with van der Waals surface area (Å²) >= 11 is 13.4. The Hall–Kier alpha value is -3.07. The molecule has 0 heterocycles. The number of nitrogens with one attached hydrogen (secondary N) is 1. The van der Waals surface area contributed by atoms with Crippen molar-refractivity contribution in [2.45, 2.75) is 25.3 Å². The van der Waals surface area contributed by atoms with Crippen molar-refractivity contribution in [3.63, 3.8) is 0 Å². The first-order valence-electron chi connectivity index (χ1n) is 10.1. The lowest BCUT2D eigenvalue weighted by Crippen LogP contribution is -2.19. The monoisotopic (exact) mass is 517 g/mol. The Labute approximate surface area is 211 Å². The maximum Gasteiger partial charge on any atom is 0.269 e. The number of nitrogens with zero attached hydrogens (tertiary/aromatic N) is 2. The number of ether oxygens (including phenoxy) is 1. The molecule has 0 aliphatic heterocycles. The number of non-ortho nitro benzene ring substituents is 1. The lowest BCUT2D eigenvalue weighted by Gasteiger charge is -2.14. The number of rotatable bonds is 9. The molecule has 1 N–H and O–H groups in total. The summed E-state index contributed by atoms with van der Waals surface area (Å²) < 4.78 is 5.98. The number of nitro benzene ring substituents is 1. The minimum absolute atomic E-state index is 0.00850. The van der Waals surface area contributed by atoms with E-state index in [4.69, 9.17) is 27.9 Å². The van der Waals surface area contributed by atoms with E-state index in [9.17, 15) is 14.9 Å². The predicted molar refractivity (Wildman–Crippen MR) is 136 cm³/mol. The van der Waals surface area contributed by atoms with Gasteiger partial charge in [-0.25, -0.2) is 5.43 Å². The lowest BCUT2D eigenvalue weighted by atomic mass is 10.1. The molecule has 10 heteroatoms. The fraction of sp³-hybridized carbons (Fsp3) is 0.167. The van der Waals surface area contributed by atoms with E-state index in [1.165, 1.54) is 23.9 Å². The standard InChI is InChI=1S/C24H21Cl2N3O4S/c1-15-9-17(10-16(2)24(15)33-13-18-3-4-19(25)11-22(18)26)12-27-28-23(30)14-34-21-7-5-20(6-8-21)29(31)32/h3-12H,13-14H2,1-2H3,(H,28,30)/b27-12-. The Morgan fingerprint density at radius 3 is 2.41 bits per heavy atom. The third-order valence-electron chi connectivity index (χ3n) is 4.69. The lowest BCUT2D eigenvalue weighted by molar-refractivity contribution is -0.384. The Balaban J connectivity index is 1.53.